The first-order valence-electron chi connectivity index (χ1n) is 5.69. The maximum absolute atomic E-state index is 11.3. The summed E-state index contributed by atoms with van der Waals surface area (Å²) in [5.74, 6) is -0.817. The number of carboxylic acids is 1. The van der Waals surface area contributed by atoms with Gasteiger partial charge in [0.05, 0.1) is 11.3 Å². The zero-order valence-electron chi connectivity index (χ0n) is 9.79. The predicted octanol–water partition coefficient (Wildman–Crippen LogP) is 2.60. The number of hydrogen-bond donors (Lipinski definition) is 1. The molecule has 3 heteroatoms. The van der Waals surface area contributed by atoms with E-state index in [0.717, 1.165) is 42.7 Å². The molecule has 16 heavy (non-hydrogen) atoms. The number of aryl methyl sites for hydroxylation is 2. The van der Waals surface area contributed by atoms with E-state index in [4.69, 9.17) is 0 Å². The summed E-state index contributed by atoms with van der Waals surface area (Å²) in [7, 11) is 0. The van der Waals surface area contributed by atoms with Crippen LogP contribution in [0.3, 0.4) is 0 Å². The molecule has 86 valence electrons. The lowest BCUT2D eigenvalue weighted by Crippen LogP contribution is -2.22. The second kappa shape index (κ2) is 4.16. The molecule has 0 bridgehead atoms. The minimum Gasteiger partial charge on any atom is -0.478 e. The molecule has 0 spiro atoms. The van der Waals surface area contributed by atoms with E-state index < -0.39 is 5.97 Å². The van der Waals surface area contributed by atoms with E-state index in [2.05, 4.69) is 4.90 Å². The van der Waals surface area contributed by atoms with Crippen molar-refractivity contribution >= 4 is 11.7 Å². The fraction of sp³-hybridized carbons (Fsp3) is 0.462. The Morgan fingerprint density at radius 2 is 1.75 bits per heavy atom. The summed E-state index contributed by atoms with van der Waals surface area (Å²) in [6, 6.07) is 3.90. The Hall–Kier alpha value is -1.51. The van der Waals surface area contributed by atoms with Crippen molar-refractivity contribution in [3.63, 3.8) is 0 Å². The van der Waals surface area contributed by atoms with Crippen LogP contribution in [0.2, 0.25) is 0 Å². The molecule has 1 aromatic carbocycles. The van der Waals surface area contributed by atoms with Crippen molar-refractivity contribution in [2.24, 2.45) is 0 Å². The molecule has 1 aliphatic heterocycles. The molecule has 1 aromatic rings. The van der Waals surface area contributed by atoms with Crippen LogP contribution in [0.15, 0.2) is 12.1 Å². The van der Waals surface area contributed by atoms with Gasteiger partial charge in [-0.3, -0.25) is 0 Å². The number of aromatic carboxylic acids is 1. The minimum atomic E-state index is -0.817. The van der Waals surface area contributed by atoms with Gasteiger partial charge in [0.1, 0.15) is 0 Å². The van der Waals surface area contributed by atoms with Gasteiger partial charge in [-0.15, -0.1) is 0 Å². The fourth-order valence-electron chi connectivity index (χ4n) is 2.41. The summed E-state index contributed by atoms with van der Waals surface area (Å²) >= 11 is 0. The standard InChI is InChI=1S/C13H17NO2/c1-9-5-6-10(2)12(11(9)13(15)16)14-7-3-4-8-14/h5-6H,3-4,7-8H2,1-2H3,(H,15,16). The molecule has 3 nitrogen and oxygen atoms in total. The first-order valence-corrected chi connectivity index (χ1v) is 5.69. The number of benzene rings is 1. The van der Waals surface area contributed by atoms with E-state index in [1.54, 1.807) is 0 Å². The normalized spacial score (nSPS) is 15.5. The van der Waals surface area contributed by atoms with Gasteiger partial charge in [-0.2, -0.15) is 0 Å². The van der Waals surface area contributed by atoms with Crippen molar-refractivity contribution in [2.45, 2.75) is 26.7 Å². The average molecular weight is 219 g/mol. The Bertz CT molecular complexity index is 420. The lowest BCUT2D eigenvalue weighted by Gasteiger charge is -2.23. The molecule has 1 N–H and O–H groups in total. The molecule has 1 fully saturated rings. The van der Waals surface area contributed by atoms with Crippen molar-refractivity contribution in [2.75, 3.05) is 18.0 Å². The van der Waals surface area contributed by atoms with Crippen LogP contribution in [0.25, 0.3) is 0 Å². The van der Waals surface area contributed by atoms with E-state index in [1.807, 2.05) is 26.0 Å². The first-order chi connectivity index (χ1) is 7.61. The van der Waals surface area contributed by atoms with Crippen LogP contribution in [0, 0.1) is 13.8 Å². The molecule has 0 saturated carbocycles. The average Bonchev–Trinajstić information content (AvgIpc) is 2.73. The molecule has 0 unspecified atom stereocenters. The molecule has 0 radical (unpaired) electrons. The van der Waals surface area contributed by atoms with Gasteiger partial charge in [-0.1, -0.05) is 12.1 Å². The van der Waals surface area contributed by atoms with Gasteiger partial charge >= 0.3 is 5.97 Å². The monoisotopic (exact) mass is 219 g/mol. The molecule has 1 aliphatic rings. The molecule has 0 amide bonds. The molecule has 1 heterocycles. The van der Waals surface area contributed by atoms with Gasteiger partial charge in [-0.05, 0) is 37.8 Å². The summed E-state index contributed by atoms with van der Waals surface area (Å²) in [6.45, 7) is 5.80. The van der Waals surface area contributed by atoms with E-state index in [-0.39, 0.29) is 0 Å². The number of hydrogen-bond acceptors (Lipinski definition) is 2. The highest BCUT2D eigenvalue weighted by Crippen LogP contribution is 2.30. The molecular formula is C13H17NO2. The predicted molar refractivity (Wildman–Crippen MR) is 64.3 cm³/mol. The van der Waals surface area contributed by atoms with Crippen molar-refractivity contribution in [3.05, 3.63) is 28.8 Å². The zero-order chi connectivity index (χ0) is 11.7. The third-order valence-corrected chi connectivity index (χ3v) is 3.22. The van der Waals surface area contributed by atoms with E-state index in [9.17, 15) is 9.90 Å². The van der Waals surface area contributed by atoms with E-state index >= 15 is 0 Å². The highest BCUT2D eigenvalue weighted by atomic mass is 16.4. The summed E-state index contributed by atoms with van der Waals surface area (Å²) in [5, 5.41) is 9.30. The zero-order valence-corrected chi connectivity index (χ0v) is 9.79. The Morgan fingerprint density at radius 1 is 1.19 bits per heavy atom. The number of carboxylic acid groups (broad SMARTS) is 1. The molecule has 0 aromatic heterocycles. The van der Waals surface area contributed by atoms with Crippen LogP contribution in [-0.2, 0) is 0 Å². The van der Waals surface area contributed by atoms with Gasteiger partial charge in [0, 0.05) is 13.1 Å². The highest BCUT2D eigenvalue weighted by molar-refractivity contribution is 5.97. The smallest absolute Gasteiger partial charge is 0.338 e. The molecular weight excluding hydrogens is 202 g/mol. The molecule has 0 aliphatic carbocycles. The summed E-state index contributed by atoms with van der Waals surface area (Å²) in [6.07, 6.45) is 2.32. The number of nitrogens with zero attached hydrogens (tertiary/aromatic N) is 1. The van der Waals surface area contributed by atoms with Gasteiger partial charge in [-0.25, -0.2) is 4.79 Å². The topological polar surface area (TPSA) is 40.5 Å². The summed E-state index contributed by atoms with van der Waals surface area (Å²) in [5.41, 5.74) is 3.30. The SMILES string of the molecule is Cc1ccc(C)c(N2CCCC2)c1C(=O)O. The Kier molecular flexibility index (Phi) is 2.86. The lowest BCUT2D eigenvalue weighted by molar-refractivity contribution is 0.0696. The minimum absolute atomic E-state index is 0.474. The van der Waals surface area contributed by atoms with Crippen LogP contribution in [0.5, 0.6) is 0 Å². The van der Waals surface area contributed by atoms with Gasteiger partial charge in [0.25, 0.3) is 0 Å². The van der Waals surface area contributed by atoms with Crippen molar-refractivity contribution in [1.29, 1.82) is 0 Å². The van der Waals surface area contributed by atoms with Gasteiger partial charge in [0.15, 0.2) is 0 Å². The largest absolute Gasteiger partial charge is 0.478 e. The maximum atomic E-state index is 11.3. The first kappa shape index (κ1) is 11.0. The summed E-state index contributed by atoms with van der Waals surface area (Å²) in [4.78, 5) is 13.5. The number of carbonyl (C=O) groups is 1. The third kappa shape index (κ3) is 1.77. The van der Waals surface area contributed by atoms with Crippen LogP contribution in [0.1, 0.15) is 34.3 Å². The van der Waals surface area contributed by atoms with Crippen molar-refractivity contribution in [1.82, 2.24) is 0 Å². The van der Waals surface area contributed by atoms with Crippen LogP contribution in [-0.4, -0.2) is 24.2 Å². The lowest BCUT2D eigenvalue weighted by atomic mass is 10.0. The molecule has 1 saturated heterocycles. The maximum Gasteiger partial charge on any atom is 0.338 e. The Labute approximate surface area is 95.7 Å². The molecule has 0 atom stereocenters. The van der Waals surface area contributed by atoms with Crippen molar-refractivity contribution in [3.8, 4) is 0 Å². The van der Waals surface area contributed by atoms with Crippen LogP contribution in [0.4, 0.5) is 5.69 Å². The van der Waals surface area contributed by atoms with Crippen molar-refractivity contribution < 1.29 is 9.90 Å². The Balaban J connectivity index is 2.55. The van der Waals surface area contributed by atoms with Crippen LogP contribution >= 0.6 is 0 Å². The van der Waals surface area contributed by atoms with Gasteiger partial charge in [0.2, 0.25) is 0 Å². The number of rotatable bonds is 2. The second-order valence-corrected chi connectivity index (χ2v) is 4.42. The van der Waals surface area contributed by atoms with E-state index in [1.165, 1.54) is 0 Å². The second-order valence-electron chi connectivity index (χ2n) is 4.42. The quantitative estimate of drug-likeness (QED) is 0.831. The fourth-order valence-corrected chi connectivity index (χ4v) is 2.41. The van der Waals surface area contributed by atoms with Gasteiger partial charge < -0.3 is 10.0 Å². The third-order valence-electron chi connectivity index (χ3n) is 3.22. The summed E-state index contributed by atoms with van der Waals surface area (Å²) < 4.78 is 0. The molecule has 2 rings (SSSR count). The highest BCUT2D eigenvalue weighted by Gasteiger charge is 2.22. The number of anilines is 1. The Morgan fingerprint density at radius 3 is 2.31 bits per heavy atom. The van der Waals surface area contributed by atoms with Crippen LogP contribution < -0.4 is 4.90 Å². The van der Waals surface area contributed by atoms with E-state index in [0.29, 0.717) is 5.56 Å².